The lowest BCUT2D eigenvalue weighted by atomic mass is 9.93. The highest BCUT2D eigenvalue weighted by Crippen LogP contribution is 2.32. The molecule has 1 saturated heterocycles. The first-order valence-electron chi connectivity index (χ1n) is 5.38. The second kappa shape index (κ2) is 4.77. The quantitative estimate of drug-likeness (QED) is 0.839. The average molecular weight is 238 g/mol. The third-order valence-electron chi connectivity index (χ3n) is 2.97. The summed E-state index contributed by atoms with van der Waals surface area (Å²) in [6, 6.07) is 1.37. The first kappa shape index (κ1) is 11.9. The van der Waals surface area contributed by atoms with Crippen LogP contribution in [0.15, 0.2) is 12.3 Å². The molecule has 0 amide bonds. The topological polar surface area (TPSA) is 81.5 Å². The van der Waals surface area contributed by atoms with Crippen molar-refractivity contribution in [3.63, 3.8) is 0 Å². The van der Waals surface area contributed by atoms with Crippen LogP contribution >= 0.6 is 0 Å². The fraction of sp³-hybridized carbons (Fsp3) is 0.545. The van der Waals surface area contributed by atoms with E-state index >= 15 is 0 Å². The standard InChI is InChI=1S/C11H14N2O4/c1-16-11(3-6-17-7-4-11)10-12-5-2-8(13-10)9(14)15/h2,5H,3-4,6-7H2,1H3,(H,14,15). The summed E-state index contributed by atoms with van der Waals surface area (Å²) in [4.78, 5) is 19.1. The predicted octanol–water partition coefficient (Wildman–Crippen LogP) is 0.827. The van der Waals surface area contributed by atoms with Crippen molar-refractivity contribution in [3.05, 3.63) is 23.8 Å². The molecule has 1 aromatic rings. The molecule has 0 aromatic carbocycles. The van der Waals surface area contributed by atoms with Crippen LogP contribution < -0.4 is 0 Å². The second-order valence-corrected chi connectivity index (χ2v) is 3.88. The Labute approximate surface area is 98.6 Å². The summed E-state index contributed by atoms with van der Waals surface area (Å²) in [5, 5.41) is 8.91. The number of methoxy groups -OCH3 is 1. The zero-order valence-corrected chi connectivity index (χ0v) is 9.55. The number of ether oxygens (including phenoxy) is 2. The third-order valence-corrected chi connectivity index (χ3v) is 2.97. The first-order valence-corrected chi connectivity index (χ1v) is 5.38. The molecule has 6 nitrogen and oxygen atoms in total. The van der Waals surface area contributed by atoms with Gasteiger partial charge < -0.3 is 14.6 Å². The van der Waals surface area contributed by atoms with E-state index < -0.39 is 11.6 Å². The molecule has 92 valence electrons. The van der Waals surface area contributed by atoms with Gasteiger partial charge in [0.2, 0.25) is 0 Å². The van der Waals surface area contributed by atoms with Crippen LogP contribution in [0.5, 0.6) is 0 Å². The smallest absolute Gasteiger partial charge is 0.354 e. The van der Waals surface area contributed by atoms with Gasteiger partial charge >= 0.3 is 5.97 Å². The molecule has 1 N–H and O–H groups in total. The van der Waals surface area contributed by atoms with Crippen LogP contribution in [0.25, 0.3) is 0 Å². The number of carbonyl (C=O) groups is 1. The van der Waals surface area contributed by atoms with Gasteiger partial charge in [0.1, 0.15) is 5.60 Å². The van der Waals surface area contributed by atoms with Crippen molar-refractivity contribution in [1.29, 1.82) is 0 Å². The van der Waals surface area contributed by atoms with Gasteiger partial charge in [0.25, 0.3) is 0 Å². The van der Waals surface area contributed by atoms with E-state index in [4.69, 9.17) is 14.6 Å². The number of nitrogens with zero attached hydrogens (tertiary/aromatic N) is 2. The summed E-state index contributed by atoms with van der Waals surface area (Å²) in [6.45, 7) is 1.13. The van der Waals surface area contributed by atoms with Crippen molar-refractivity contribution >= 4 is 5.97 Å². The highest BCUT2D eigenvalue weighted by molar-refractivity contribution is 5.85. The number of carboxylic acid groups (broad SMARTS) is 1. The van der Waals surface area contributed by atoms with E-state index in [1.165, 1.54) is 12.3 Å². The van der Waals surface area contributed by atoms with Crippen molar-refractivity contribution < 1.29 is 19.4 Å². The van der Waals surface area contributed by atoms with E-state index in [2.05, 4.69) is 9.97 Å². The van der Waals surface area contributed by atoms with Crippen LogP contribution in [0.1, 0.15) is 29.2 Å². The molecular formula is C11H14N2O4. The van der Waals surface area contributed by atoms with Crippen LogP contribution in [0.4, 0.5) is 0 Å². The first-order chi connectivity index (χ1) is 8.18. The van der Waals surface area contributed by atoms with Gasteiger partial charge in [-0.15, -0.1) is 0 Å². The van der Waals surface area contributed by atoms with E-state index in [0.29, 0.717) is 31.9 Å². The maximum atomic E-state index is 10.9. The molecule has 1 fully saturated rings. The molecule has 0 unspecified atom stereocenters. The Morgan fingerprint density at radius 2 is 2.24 bits per heavy atom. The SMILES string of the molecule is COC1(c2nccc(C(=O)O)n2)CCOCC1. The van der Waals surface area contributed by atoms with Gasteiger partial charge in [0.05, 0.1) is 0 Å². The second-order valence-electron chi connectivity index (χ2n) is 3.88. The Balaban J connectivity index is 2.36. The molecule has 1 aromatic heterocycles. The van der Waals surface area contributed by atoms with Crippen LogP contribution in [0.3, 0.4) is 0 Å². The van der Waals surface area contributed by atoms with Gasteiger partial charge in [-0.1, -0.05) is 0 Å². The normalized spacial score (nSPS) is 18.9. The molecule has 0 spiro atoms. The molecular weight excluding hydrogens is 224 g/mol. The Kier molecular flexibility index (Phi) is 3.35. The minimum Gasteiger partial charge on any atom is -0.477 e. The lowest BCUT2D eigenvalue weighted by Crippen LogP contribution is -2.37. The van der Waals surface area contributed by atoms with E-state index in [1.54, 1.807) is 7.11 Å². The van der Waals surface area contributed by atoms with Crippen molar-refractivity contribution in [2.75, 3.05) is 20.3 Å². The van der Waals surface area contributed by atoms with Crippen molar-refractivity contribution in [3.8, 4) is 0 Å². The van der Waals surface area contributed by atoms with Gasteiger partial charge in [-0.05, 0) is 6.07 Å². The van der Waals surface area contributed by atoms with Crippen LogP contribution in [0, 0.1) is 0 Å². The molecule has 6 heteroatoms. The van der Waals surface area contributed by atoms with Gasteiger partial charge in [-0.2, -0.15) is 0 Å². The number of hydrogen-bond acceptors (Lipinski definition) is 5. The van der Waals surface area contributed by atoms with Crippen LogP contribution in [-0.2, 0) is 15.1 Å². The Hall–Kier alpha value is -1.53. The van der Waals surface area contributed by atoms with E-state index in [-0.39, 0.29) is 5.69 Å². The molecule has 0 atom stereocenters. The minimum absolute atomic E-state index is 0.0158. The average Bonchev–Trinajstić information content (AvgIpc) is 2.39. The van der Waals surface area contributed by atoms with Gasteiger partial charge in [0.15, 0.2) is 11.5 Å². The lowest BCUT2D eigenvalue weighted by Gasteiger charge is -2.34. The summed E-state index contributed by atoms with van der Waals surface area (Å²) in [5.74, 6) is -0.643. The Morgan fingerprint density at radius 1 is 1.53 bits per heavy atom. The summed E-state index contributed by atoms with van der Waals surface area (Å²) in [7, 11) is 1.59. The van der Waals surface area contributed by atoms with E-state index in [9.17, 15) is 4.79 Å². The summed E-state index contributed by atoms with van der Waals surface area (Å²) >= 11 is 0. The zero-order valence-electron chi connectivity index (χ0n) is 9.55. The molecule has 1 aliphatic heterocycles. The zero-order chi connectivity index (χ0) is 12.3. The molecule has 0 aliphatic carbocycles. The minimum atomic E-state index is -1.06. The fourth-order valence-electron chi connectivity index (χ4n) is 1.92. The monoisotopic (exact) mass is 238 g/mol. The number of aromatic nitrogens is 2. The van der Waals surface area contributed by atoms with Crippen molar-refractivity contribution in [2.45, 2.75) is 18.4 Å². The lowest BCUT2D eigenvalue weighted by molar-refractivity contribution is -0.100. The maximum Gasteiger partial charge on any atom is 0.354 e. The molecule has 0 bridgehead atoms. The highest BCUT2D eigenvalue weighted by atomic mass is 16.5. The number of hydrogen-bond donors (Lipinski definition) is 1. The van der Waals surface area contributed by atoms with Crippen molar-refractivity contribution in [2.24, 2.45) is 0 Å². The maximum absolute atomic E-state index is 10.9. The molecule has 0 radical (unpaired) electrons. The molecule has 0 saturated carbocycles. The van der Waals surface area contributed by atoms with Crippen molar-refractivity contribution in [1.82, 2.24) is 9.97 Å². The number of carboxylic acids is 1. The summed E-state index contributed by atoms with van der Waals surface area (Å²) < 4.78 is 10.8. The molecule has 1 aliphatic rings. The number of aromatic carboxylic acids is 1. The predicted molar refractivity (Wildman–Crippen MR) is 57.7 cm³/mol. The summed E-state index contributed by atoms with van der Waals surface area (Å²) in [6.07, 6.45) is 2.71. The summed E-state index contributed by atoms with van der Waals surface area (Å²) in [5.41, 5.74) is -0.637. The molecule has 17 heavy (non-hydrogen) atoms. The van der Waals surface area contributed by atoms with E-state index in [0.717, 1.165) is 0 Å². The van der Waals surface area contributed by atoms with Crippen LogP contribution in [0.2, 0.25) is 0 Å². The largest absolute Gasteiger partial charge is 0.477 e. The van der Waals surface area contributed by atoms with Gasteiger partial charge in [0, 0.05) is 39.4 Å². The molecule has 2 heterocycles. The van der Waals surface area contributed by atoms with Crippen LogP contribution in [-0.4, -0.2) is 41.4 Å². The van der Waals surface area contributed by atoms with Gasteiger partial charge in [-0.3, -0.25) is 0 Å². The third kappa shape index (κ3) is 2.27. The Morgan fingerprint density at radius 3 is 2.82 bits per heavy atom. The molecule has 2 rings (SSSR count). The van der Waals surface area contributed by atoms with Gasteiger partial charge in [-0.25, -0.2) is 14.8 Å². The fourth-order valence-corrected chi connectivity index (χ4v) is 1.92. The Bertz CT molecular complexity index is 416. The van der Waals surface area contributed by atoms with E-state index in [1.807, 2.05) is 0 Å². The number of rotatable bonds is 3. The highest BCUT2D eigenvalue weighted by Gasteiger charge is 2.37.